The summed E-state index contributed by atoms with van der Waals surface area (Å²) in [5.74, 6) is -0.629. The third-order valence-electron chi connectivity index (χ3n) is 2.96. The standard InChI is InChI=1S/C16H11NO2/c18-15-10-14(17-11-6-2-1-3-7-11)12-8-4-5-9-13(12)16(15)19/h1-10,18H. The van der Waals surface area contributed by atoms with E-state index < -0.39 is 0 Å². The topological polar surface area (TPSA) is 49.7 Å². The zero-order chi connectivity index (χ0) is 13.2. The van der Waals surface area contributed by atoms with Crippen LogP contribution in [0.15, 0.2) is 71.4 Å². The molecule has 1 N–H and O–H groups in total. The van der Waals surface area contributed by atoms with Crippen molar-refractivity contribution in [3.05, 3.63) is 77.6 Å². The number of hydrogen-bond acceptors (Lipinski definition) is 3. The van der Waals surface area contributed by atoms with Gasteiger partial charge in [-0.2, -0.15) is 0 Å². The van der Waals surface area contributed by atoms with E-state index in [1.54, 1.807) is 12.1 Å². The maximum absolute atomic E-state index is 11.8. The zero-order valence-electron chi connectivity index (χ0n) is 10.1. The van der Waals surface area contributed by atoms with E-state index in [1.165, 1.54) is 6.08 Å². The van der Waals surface area contributed by atoms with Crippen LogP contribution in [-0.4, -0.2) is 16.6 Å². The van der Waals surface area contributed by atoms with Gasteiger partial charge in [0.15, 0.2) is 5.76 Å². The van der Waals surface area contributed by atoms with E-state index in [9.17, 15) is 9.90 Å². The Morgan fingerprint density at radius 1 is 0.842 bits per heavy atom. The molecule has 2 aromatic carbocycles. The van der Waals surface area contributed by atoms with E-state index in [2.05, 4.69) is 4.99 Å². The van der Waals surface area contributed by atoms with Gasteiger partial charge in [-0.25, -0.2) is 4.99 Å². The lowest BCUT2D eigenvalue weighted by Crippen LogP contribution is -2.16. The first-order chi connectivity index (χ1) is 9.25. The molecule has 3 rings (SSSR count). The lowest BCUT2D eigenvalue weighted by molar-refractivity contribution is 0.0976. The van der Waals surface area contributed by atoms with Crippen LogP contribution in [0.1, 0.15) is 15.9 Å². The molecule has 1 aliphatic rings. The summed E-state index contributed by atoms with van der Waals surface area (Å²) >= 11 is 0. The second-order valence-electron chi connectivity index (χ2n) is 4.24. The molecule has 3 heteroatoms. The van der Waals surface area contributed by atoms with Crippen LogP contribution in [-0.2, 0) is 0 Å². The average Bonchev–Trinajstić information content (AvgIpc) is 2.46. The van der Waals surface area contributed by atoms with Crippen molar-refractivity contribution in [2.24, 2.45) is 4.99 Å². The van der Waals surface area contributed by atoms with Crippen molar-refractivity contribution in [1.29, 1.82) is 0 Å². The highest BCUT2D eigenvalue weighted by Gasteiger charge is 2.23. The normalized spacial score (nSPS) is 16.1. The first-order valence-electron chi connectivity index (χ1n) is 5.94. The number of carbonyl (C=O) groups excluding carboxylic acids is 1. The van der Waals surface area contributed by atoms with Crippen molar-refractivity contribution in [2.75, 3.05) is 0 Å². The molecule has 0 saturated heterocycles. The van der Waals surface area contributed by atoms with Gasteiger partial charge in [-0.15, -0.1) is 0 Å². The fourth-order valence-electron chi connectivity index (χ4n) is 2.05. The van der Waals surface area contributed by atoms with E-state index in [0.717, 1.165) is 11.3 Å². The second-order valence-corrected chi connectivity index (χ2v) is 4.24. The fourth-order valence-corrected chi connectivity index (χ4v) is 2.05. The van der Waals surface area contributed by atoms with Crippen molar-refractivity contribution in [2.45, 2.75) is 0 Å². The van der Waals surface area contributed by atoms with Crippen LogP contribution < -0.4 is 0 Å². The predicted molar refractivity (Wildman–Crippen MR) is 74.1 cm³/mol. The van der Waals surface area contributed by atoms with Crippen molar-refractivity contribution in [1.82, 2.24) is 0 Å². The highest BCUT2D eigenvalue weighted by Crippen LogP contribution is 2.23. The molecular weight excluding hydrogens is 238 g/mol. The lowest BCUT2D eigenvalue weighted by atomic mass is 9.93. The second kappa shape index (κ2) is 4.53. The fraction of sp³-hybridized carbons (Fsp3) is 0. The van der Waals surface area contributed by atoms with Crippen LogP contribution in [0.25, 0.3) is 0 Å². The maximum atomic E-state index is 11.8. The summed E-state index contributed by atoms with van der Waals surface area (Å²) in [7, 11) is 0. The number of benzene rings is 2. The van der Waals surface area contributed by atoms with Gasteiger partial charge in [-0.1, -0.05) is 42.5 Å². The molecule has 0 atom stereocenters. The van der Waals surface area contributed by atoms with Crippen molar-refractivity contribution >= 4 is 17.2 Å². The molecule has 0 bridgehead atoms. The van der Waals surface area contributed by atoms with Gasteiger partial charge in [0.1, 0.15) is 0 Å². The van der Waals surface area contributed by atoms with Gasteiger partial charge in [-0.3, -0.25) is 4.79 Å². The van der Waals surface area contributed by atoms with Crippen LogP contribution in [0, 0.1) is 0 Å². The quantitative estimate of drug-likeness (QED) is 0.841. The Bertz CT molecular complexity index is 700. The molecule has 0 unspecified atom stereocenters. The highest BCUT2D eigenvalue weighted by atomic mass is 16.3. The average molecular weight is 249 g/mol. The van der Waals surface area contributed by atoms with Crippen LogP contribution in [0.2, 0.25) is 0 Å². The van der Waals surface area contributed by atoms with E-state index >= 15 is 0 Å². The molecule has 0 spiro atoms. The third kappa shape index (κ3) is 2.06. The van der Waals surface area contributed by atoms with Crippen molar-refractivity contribution in [3.63, 3.8) is 0 Å². The molecule has 0 amide bonds. The molecule has 92 valence electrons. The van der Waals surface area contributed by atoms with Gasteiger partial charge in [-0.05, 0) is 12.1 Å². The van der Waals surface area contributed by atoms with E-state index in [1.807, 2.05) is 42.5 Å². The van der Waals surface area contributed by atoms with Gasteiger partial charge in [0.25, 0.3) is 0 Å². The number of Topliss-reactive ketones (excluding diaryl/α,β-unsaturated/α-hetero) is 1. The number of allylic oxidation sites excluding steroid dienone is 2. The monoisotopic (exact) mass is 249 g/mol. The highest BCUT2D eigenvalue weighted by molar-refractivity contribution is 6.25. The number of para-hydroxylation sites is 1. The molecule has 2 aromatic rings. The minimum absolute atomic E-state index is 0.270. The number of hydrogen-bond donors (Lipinski definition) is 1. The third-order valence-corrected chi connectivity index (χ3v) is 2.96. The number of rotatable bonds is 1. The first-order valence-corrected chi connectivity index (χ1v) is 5.94. The van der Waals surface area contributed by atoms with Gasteiger partial charge >= 0.3 is 0 Å². The smallest absolute Gasteiger partial charge is 0.228 e. The maximum Gasteiger partial charge on any atom is 0.228 e. The first kappa shape index (κ1) is 11.4. The largest absolute Gasteiger partial charge is 0.504 e. The summed E-state index contributed by atoms with van der Waals surface area (Å²) in [6.45, 7) is 0. The van der Waals surface area contributed by atoms with Gasteiger partial charge in [0, 0.05) is 17.2 Å². The molecule has 0 aromatic heterocycles. The number of ketones is 1. The summed E-state index contributed by atoms with van der Waals surface area (Å²) in [6.07, 6.45) is 1.41. The molecule has 0 saturated carbocycles. The number of aliphatic hydroxyl groups excluding tert-OH is 1. The SMILES string of the molecule is O=C1C(O)=CC(=Nc2ccccc2)c2ccccc21. The zero-order valence-corrected chi connectivity index (χ0v) is 10.1. The van der Waals surface area contributed by atoms with Crippen LogP contribution in [0.3, 0.4) is 0 Å². The van der Waals surface area contributed by atoms with Gasteiger partial charge in [0.2, 0.25) is 5.78 Å². The number of carbonyl (C=O) groups is 1. The summed E-state index contributed by atoms with van der Waals surface area (Å²) in [5, 5.41) is 9.70. The Labute approximate surface area is 110 Å². The Hall–Kier alpha value is -2.68. The Balaban J connectivity index is 2.17. The van der Waals surface area contributed by atoms with E-state index in [4.69, 9.17) is 0 Å². The number of fused-ring (bicyclic) bond motifs is 1. The Morgan fingerprint density at radius 3 is 2.21 bits per heavy atom. The van der Waals surface area contributed by atoms with Crippen molar-refractivity contribution in [3.8, 4) is 0 Å². The minimum Gasteiger partial charge on any atom is -0.504 e. The lowest BCUT2D eigenvalue weighted by Gasteiger charge is -2.14. The van der Waals surface area contributed by atoms with Crippen LogP contribution in [0.5, 0.6) is 0 Å². The Kier molecular flexibility index (Phi) is 2.72. The van der Waals surface area contributed by atoms with Gasteiger partial charge < -0.3 is 5.11 Å². The molecule has 1 aliphatic carbocycles. The summed E-state index contributed by atoms with van der Waals surface area (Å²) in [6, 6.07) is 16.6. The van der Waals surface area contributed by atoms with E-state index in [0.29, 0.717) is 11.3 Å². The summed E-state index contributed by atoms with van der Waals surface area (Å²) in [4.78, 5) is 16.3. The number of nitrogens with zero attached hydrogens (tertiary/aromatic N) is 1. The number of aliphatic imine (C=N–C) groups is 1. The van der Waals surface area contributed by atoms with E-state index in [-0.39, 0.29) is 11.5 Å². The minimum atomic E-state index is -0.359. The summed E-state index contributed by atoms with van der Waals surface area (Å²) in [5.41, 5.74) is 2.61. The molecule has 3 nitrogen and oxygen atoms in total. The number of aliphatic hydroxyl groups is 1. The molecule has 0 aliphatic heterocycles. The summed E-state index contributed by atoms with van der Waals surface area (Å²) < 4.78 is 0. The van der Waals surface area contributed by atoms with Crippen LogP contribution >= 0.6 is 0 Å². The van der Waals surface area contributed by atoms with Crippen LogP contribution in [0.4, 0.5) is 5.69 Å². The van der Waals surface area contributed by atoms with Gasteiger partial charge in [0.05, 0.1) is 11.4 Å². The Morgan fingerprint density at radius 2 is 1.47 bits per heavy atom. The molecule has 0 heterocycles. The van der Waals surface area contributed by atoms with Crippen molar-refractivity contribution < 1.29 is 9.90 Å². The molecule has 0 fully saturated rings. The molecule has 0 radical (unpaired) electrons. The predicted octanol–water partition coefficient (Wildman–Crippen LogP) is 3.45. The molecular formula is C16H11NO2. The molecule has 19 heavy (non-hydrogen) atoms.